The van der Waals surface area contributed by atoms with E-state index >= 15 is 0 Å². The van der Waals surface area contributed by atoms with Crippen LogP contribution in [0, 0.1) is 0 Å². The van der Waals surface area contributed by atoms with Crippen molar-refractivity contribution in [2.75, 3.05) is 11.1 Å². The second-order valence-electron chi connectivity index (χ2n) is 8.96. The largest absolute Gasteiger partial charge is 0.453 e. The number of rotatable bonds is 5. The van der Waals surface area contributed by atoms with Crippen LogP contribution in [-0.4, -0.2) is 42.5 Å². The Labute approximate surface area is 206 Å². The van der Waals surface area contributed by atoms with Crippen LogP contribution in [0.3, 0.4) is 0 Å². The Bertz CT molecular complexity index is 1530. The maximum absolute atomic E-state index is 13.6. The minimum atomic E-state index is -5.69. The first-order valence-corrected chi connectivity index (χ1v) is 11.1. The molecule has 1 aliphatic rings. The molecule has 1 unspecified atom stereocenters. The maximum atomic E-state index is 13.6. The molecule has 0 bridgehead atoms. The number of halogens is 5. The Morgan fingerprint density at radius 3 is 2.41 bits per heavy atom. The smallest absolute Gasteiger partial charge is 0.383 e. The zero-order chi connectivity index (χ0) is 26.8. The van der Waals surface area contributed by atoms with Crippen molar-refractivity contribution >= 4 is 28.6 Å². The van der Waals surface area contributed by atoms with Crippen molar-refractivity contribution in [3.05, 3.63) is 59.5 Å². The number of amides is 1. The van der Waals surface area contributed by atoms with Gasteiger partial charge in [0.05, 0.1) is 5.56 Å². The lowest BCUT2D eigenvalue weighted by molar-refractivity contribution is -0.284. The normalized spacial score (nSPS) is 17.8. The van der Waals surface area contributed by atoms with Gasteiger partial charge in [-0.25, -0.2) is 19.9 Å². The summed E-state index contributed by atoms with van der Waals surface area (Å²) in [6, 6.07) is 10.6. The van der Waals surface area contributed by atoms with Gasteiger partial charge in [-0.2, -0.15) is 22.0 Å². The van der Waals surface area contributed by atoms with Crippen LogP contribution in [0.25, 0.3) is 22.6 Å². The summed E-state index contributed by atoms with van der Waals surface area (Å²) in [6.45, 7) is 1.70. The van der Waals surface area contributed by atoms with Crippen molar-refractivity contribution in [3.8, 4) is 11.5 Å². The number of nitrogens with zero attached hydrogens (tertiary/aromatic N) is 5. The van der Waals surface area contributed by atoms with Gasteiger partial charge < -0.3 is 15.6 Å². The number of anilines is 2. The van der Waals surface area contributed by atoms with Crippen LogP contribution in [0.4, 0.5) is 33.6 Å². The zero-order valence-corrected chi connectivity index (χ0v) is 19.6. The highest BCUT2D eigenvalue weighted by molar-refractivity contribution is 6.09. The van der Waals surface area contributed by atoms with Crippen molar-refractivity contribution in [2.24, 2.45) is 7.05 Å². The van der Waals surface area contributed by atoms with E-state index in [-0.39, 0.29) is 40.5 Å². The molecule has 1 atom stereocenters. The fourth-order valence-electron chi connectivity index (χ4n) is 4.44. The van der Waals surface area contributed by atoms with E-state index < -0.39 is 30.4 Å². The summed E-state index contributed by atoms with van der Waals surface area (Å²) in [5, 5.41) is 3.16. The second-order valence-corrected chi connectivity index (χ2v) is 8.96. The molecule has 0 saturated carbocycles. The van der Waals surface area contributed by atoms with Gasteiger partial charge in [0.25, 0.3) is 0 Å². The van der Waals surface area contributed by atoms with Gasteiger partial charge in [0.1, 0.15) is 34.2 Å². The monoisotopic (exact) mass is 517 g/mol. The molecule has 3 N–H and O–H groups in total. The summed E-state index contributed by atoms with van der Waals surface area (Å²) in [5.74, 6) is -5.38. The molecule has 192 valence electrons. The number of nitrogens with one attached hydrogen (secondary N) is 1. The fraction of sp³-hybridized carbons (Fsp3) is 0.292. The molecular weight excluding hydrogens is 497 g/mol. The molecule has 8 nitrogen and oxygen atoms in total. The SMILES string of the molecule is Cn1ccc2c(-c3nc(N)c4c(n3)NC(=O)C4(C)c3ccccc3)nc(CCC(F)(F)C(F)(F)F)nc21. The number of nitrogens with two attached hydrogens (primary N) is 1. The average molecular weight is 517 g/mol. The van der Waals surface area contributed by atoms with E-state index in [9.17, 15) is 26.7 Å². The summed E-state index contributed by atoms with van der Waals surface area (Å²) in [5.41, 5.74) is 6.58. The van der Waals surface area contributed by atoms with E-state index in [4.69, 9.17) is 5.73 Å². The van der Waals surface area contributed by atoms with Crippen molar-refractivity contribution in [1.29, 1.82) is 0 Å². The van der Waals surface area contributed by atoms with Crippen LogP contribution >= 0.6 is 0 Å². The Morgan fingerprint density at radius 2 is 1.73 bits per heavy atom. The number of carbonyl (C=O) groups excluding carboxylic acids is 1. The number of aromatic nitrogens is 5. The molecule has 3 aromatic heterocycles. The minimum Gasteiger partial charge on any atom is -0.383 e. The van der Waals surface area contributed by atoms with E-state index in [1.54, 1.807) is 55.1 Å². The molecule has 0 aliphatic carbocycles. The molecule has 1 amide bonds. The summed E-state index contributed by atoms with van der Waals surface area (Å²) >= 11 is 0. The number of nitrogen functional groups attached to an aromatic ring is 1. The van der Waals surface area contributed by atoms with Crippen molar-refractivity contribution in [3.63, 3.8) is 0 Å². The molecule has 37 heavy (non-hydrogen) atoms. The average Bonchev–Trinajstić information content (AvgIpc) is 3.34. The third-order valence-corrected chi connectivity index (χ3v) is 6.53. The Kier molecular flexibility index (Phi) is 5.42. The van der Waals surface area contributed by atoms with Gasteiger partial charge in [-0.15, -0.1) is 0 Å². The van der Waals surface area contributed by atoms with E-state index in [0.717, 1.165) is 0 Å². The number of aryl methyl sites for hydroxylation is 2. The Morgan fingerprint density at radius 1 is 1.03 bits per heavy atom. The quantitative estimate of drug-likeness (QED) is 0.380. The molecule has 0 saturated heterocycles. The number of alkyl halides is 5. The molecule has 4 heterocycles. The van der Waals surface area contributed by atoms with Crippen LogP contribution in [0.2, 0.25) is 0 Å². The van der Waals surface area contributed by atoms with Gasteiger partial charge in [0.15, 0.2) is 5.82 Å². The predicted molar refractivity (Wildman–Crippen MR) is 125 cm³/mol. The first kappa shape index (κ1) is 24.5. The van der Waals surface area contributed by atoms with Crippen LogP contribution in [0.15, 0.2) is 42.6 Å². The number of hydrogen-bond donors (Lipinski definition) is 2. The second kappa shape index (κ2) is 8.18. The molecule has 0 radical (unpaired) electrons. The lowest BCUT2D eigenvalue weighted by atomic mass is 9.78. The maximum Gasteiger partial charge on any atom is 0.453 e. The minimum absolute atomic E-state index is 0.00227. The van der Waals surface area contributed by atoms with Crippen molar-refractivity contribution in [2.45, 2.75) is 37.3 Å². The van der Waals surface area contributed by atoms with Gasteiger partial charge in [0, 0.05) is 31.5 Å². The Balaban J connectivity index is 1.61. The fourth-order valence-corrected chi connectivity index (χ4v) is 4.44. The van der Waals surface area contributed by atoms with Crippen LogP contribution in [0.5, 0.6) is 0 Å². The van der Waals surface area contributed by atoms with Gasteiger partial charge in [-0.1, -0.05) is 30.3 Å². The standard InChI is InChI=1S/C24H20F5N7O/c1-22(12-6-4-3-5-7-12)15-17(30)33-19(34-18(15)35-21(22)37)16-13-9-11-36(2)20(13)32-14(31-16)8-10-23(25,26)24(27,28)29/h3-7,9,11H,8,10H2,1-2H3,(H3,30,33,34,35,37). The Hall–Kier alpha value is -4.16. The number of fused-ring (bicyclic) bond motifs is 2. The van der Waals surface area contributed by atoms with Gasteiger partial charge in [-0.05, 0) is 18.6 Å². The van der Waals surface area contributed by atoms with Gasteiger partial charge in [0.2, 0.25) is 5.91 Å². The third-order valence-electron chi connectivity index (χ3n) is 6.53. The molecule has 0 fully saturated rings. The molecule has 13 heteroatoms. The molecule has 1 aromatic carbocycles. The predicted octanol–water partition coefficient (Wildman–Crippen LogP) is 4.40. The van der Waals surface area contributed by atoms with E-state index in [0.29, 0.717) is 16.5 Å². The highest BCUT2D eigenvalue weighted by Gasteiger charge is 2.56. The van der Waals surface area contributed by atoms with Crippen LogP contribution in [-0.2, 0) is 23.7 Å². The summed E-state index contributed by atoms with van der Waals surface area (Å²) in [6.07, 6.45) is -6.33. The summed E-state index contributed by atoms with van der Waals surface area (Å²) in [4.78, 5) is 30.3. The molecule has 4 aromatic rings. The number of benzene rings is 1. The lowest BCUT2D eigenvalue weighted by Gasteiger charge is -2.23. The molecular formula is C24H20F5N7O. The van der Waals surface area contributed by atoms with Gasteiger partial charge in [-0.3, -0.25) is 4.79 Å². The van der Waals surface area contributed by atoms with Crippen molar-refractivity contribution < 1.29 is 26.7 Å². The van der Waals surface area contributed by atoms with Crippen molar-refractivity contribution in [1.82, 2.24) is 24.5 Å². The highest BCUT2D eigenvalue weighted by Crippen LogP contribution is 2.45. The summed E-state index contributed by atoms with van der Waals surface area (Å²) in [7, 11) is 1.64. The first-order valence-electron chi connectivity index (χ1n) is 11.1. The molecule has 5 rings (SSSR count). The summed E-state index contributed by atoms with van der Waals surface area (Å²) < 4.78 is 66.7. The van der Waals surface area contributed by atoms with Crippen LogP contribution < -0.4 is 11.1 Å². The third kappa shape index (κ3) is 3.85. The van der Waals surface area contributed by atoms with Crippen LogP contribution in [0.1, 0.15) is 30.3 Å². The first-order chi connectivity index (χ1) is 17.3. The van der Waals surface area contributed by atoms with E-state index in [2.05, 4.69) is 25.3 Å². The highest BCUT2D eigenvalue weighted by atomic mass is 19.4. The molecule has 0 spiro atoms. The zero-order valence-electron chi connectivity index (χ0n) is 19.6. The topological polar surface area (TPSA) is 112 Å². The van der Waals surface area contributed by atoms with E-state index in [1.807, 2.05) is 6.07 Å². The lowest BCUT2D eigenvalue weighted by Crippen LogP contribution is -2.36. The number of hydrogen-bond acceptors (Lipinski definition) is 6. The number of carbonyl (C=O) groups is 1. The van der Waals surface area contributed by atoms with E-state index in [1.165, 1.54) is 0 Å². The van der Waals surface area contributed by atoms with Gasteiger partial charge >= 0.3 is 12.1 Å². The molecule has 1 aliphatic heterocycles.